The average Bonchev–Trinajstić information content (AvgIpc) is 3.11. The second-order valence-electron chi connectivity index (χ2n) is 6.81. The Morgan fingerprint density at radius 3 is 2.57 bits per heavy atom. The van der Waals surface area contributed by atoms with Crippen LogP contribution in [0.25, 0.3) is 0 Å². The molecule has 0 aromatic heterocycles. The first kappa shape index (κ1) is 20.0. The van der Waals surface area contributed by atoms with Crippen LogP contribution >= 0.6 is 12.2 Å². The van der Waals surface area contributed by atoms with Crippen LogP contribution in [0.15, 0.2) is 54.6 Å². The van der Waals surface area contributed by atoms with E-state index in [-0.39, 0.29) is 17.8 Å². The van der Waals surface area contributed by atoms with E-state index in [1.165, 1.54) is 0 Å². The number of hydrogen-bond donors (Lipinski definition) is 1. The third-order valence-electron chi connectivity index (χ3n) is 4.74. The van der Waals surface area contributed by atoms with Crippen LogP contribution in [0.1, 0.15) is 48.0 Å². The van der Waals surface area contributed by atoms with Gasteiger partial charge in [-0.15, -0.1) is 0 Å². The van der Waals surface area contributed by atoms with Gasteiger partial charge < -0.3 is 10.1 Å². The lowest BCUT2D eigenvalue weighted by molar-refractivity contribution is -0.124. The van der Waals surface area contributed by atoms with Gasteiger partial charge >= 0.3 is 5.97 Å². The summed E-state index contributed by atoms with van der Waals surface area (Å²) in [6.45, 7) is 3.04. The third-order valence-corrected chi connectivity index (χ3v) is 5.07. The maximum absolute atomic E-state index is 12.4. The molecule has 1 amide bonds. The molecule has 28 heavy (non-hydrogen) atoms. The summed E-state index contributed by atoms with van der Waals surface area (Å²) >= 11 is 5.43. The first-order valence-electron chi connectivity index (χ1n) is 9.52. The molecule has 2 aromatic carbocycles. The molecule has 1 heterocycles. The lowest BCUT2D eigenvalue weighted by atomic mass is 9.99. The van der Waals surface area contributed by atoms with Gasteiger partial charge in [-0.05, 0) is 48.5 Å². The van der Waals surface area contributed by atoms with E-state index in [0.29, 0.717) is 30.2 Å². The first-order valence-corrected chi connectivity index (χ1v) is 9.92. The summed E-state index contributed by atoms with van der Waals surface area (Å²) in [5, 5.41) is 3.47. The minimum absolute atomic E-state index is 0.0162. The van der Waals surface area contributed by atoms with Crippen molar-refractivity contribution in [2.24, 2.45) is 0 Å². The van der Waals surface area contributed by atoms with E-state index in [9.17, 15) is 9.59 Å². The second-order valence-corrected chi connectivity index (χ2v) is 7.20. The van der Waals surface area contributed by atoms with E-state index in [4.69, 9.17) is 17.0 Å². The number of carbonyl (C=O) groups excluding carboxylic acids is 2. The van der Waals surface area contributed by atoms with E-state index in [1.807, 2.05) is 37.3 Å². The van der Waals surface area contributed by atoms with Crippen molar-refractivity contribution in [3.05, 3.63) is 65.7 Å². The number of anilines is 1. The lowest BCUT2D eigenvalue weighted by Gasteiger charge is -2.19. The zero-order chi connectivity index (χ0) is 19.9. The molecule has 1 unspecified atom stereocenters. The molecular formula is C22H24N2O3S. The number of carbonyl (C=O) groups is 2. The molecule has 0 aliphatic carbocycles. The van der Waals surface area contributed by atoms with Crippen molar-refractivity contribution in [1.82, 2.24) is 4.90 Å². The van der Waals surface area contributed by atoms with Crippen molar-refractivity contribution in [1.29, 1.82) is 0 Å². The predicted molar refractivity (Wildman–Crippen MR) is 113 cm³/mol. The van der Waals surface area contributed by atoms with Crippen LogP contribution < -0.4 is 5.32 Å². The number of likely N-dealkylation sites (tertiary alicyclic amines) is 1. The summed E-state index contributed by atoms with van der Waals surface area (Å²) in [7, 11) is 0. The summed E-state index contributed by atoms with van der Waals surface area (Å²) in [4.78, 5) is 26.0. The van der Waals surface area contributed by atoms with Crippen LogP contribution in [0, 0.1) is 0 Å². The fourth-order valence-corrected chi connectivity index (χ4v) is 3.42. The molecule has 5 nitrogen and oxygen atoms in total. The highest BCUT2D eigenvalue weighted by molar-refractivity contribution is 7.80. The largest absolute Gasteiger partial charge is 0.462 e. The zero-order valence-electron chi connectivity index (χ0n) is 15.9. The van der Waals surface area contributed by atoms with Crippen molar-refractivity contribution < 1.29 is 14.3 Å². The Labute approximate surface area is 170 Å². The number of benzene rings is 2. The van der Waals surface area contributed by atoms with Crippen LogP contribution in [0.3, 0.4) is 0 Å². The highest BCUT2D eigenvalue weighted by Crippen LogP contribution is 2.28. The summed E-state index contributed by atoms with van der Waals surface area (Å²) < 4.78 is 5.20. The van der Waals surface area contributed by atoms with Crippen LogP contribution in [-0.4, -0.2) is 35.0 Å². The molecular weight excluding hydrogens is 372 g/mol. The normalized spacial score (nSPS) is 16.1. The quantitative estimate of drug-likeness (QED) is 0.447. The number of unbranched alkanes of at least 4 members (excludes halogenated alkanes) is 1. The van der Waals surface area contributed by atoms with Crippen molar-refractivity contribution in [2.45, 2.75) is 32.1 Å². The Hall–Kier alpha value is -2.73. The van der Waals surface area contributed by atoms with E-state index >= 15 is 0 Å². The van der Waals surface area contributed by atoms with Gasteiger partial charge in [0.25, 0.3) is 0 Å². The van der Waals surface area contributed by atoms with Gasteiger partial charge in [0, 0.05) is 24.6 Å². The van der Waals surface area contributed by atoms with Gasteiger partial charge in [-0.25, -0.2) is 4.79 Å². The zero-order valence-corrected chi connectivity index (χ0v) is 16.7. The number of thiocarbonyl (C=S) groups is 1. The second kappa shape index (κ2) is 9.46. The Balaban J connectivity index is 1.57. The van der Waals surface area contributed by atoms with Gasteiger partial charge in [-0.2, -0.15) is 0 Å². The smallest absolute Gasteiger partial charge is 0.338 e. The third kappa shape index (κ3) is 4.95. The van der Waals surface area contributed by atoms with Gasteiger partial charge in [-0.1, -0.05) is 43.7 Å². The van der Waals surface area contributed by atoms with Gasteiger partial charge in [-0.3, -0.25) is 9.69 Å². The molecule has 146 valence electrons. The van der Waals surface area contributed by atoms with Gasteiger partial charge in [0.1, 0.15) is 0 Å². The molecule has 0 saturated carbocycles. The van der Waals surface area contributed by atoms with E-state index in [2.05, 4.69) is 5.32 Å². The van der Waals surface area contributed by atoms with Crippen LogP contribution in [0.5, 0.6) is 0 Å². The number of esters is 1. The average molecular weight is 397 g/mol. The molecule has 2 aromatic rings. The number of nitrogens with one attached hydrogen (secondary N) is 1. The van der Waals surface area contributed by atoms with Crippen molar-refractivity contribution in [3.8, 4) is 0 Å². The van der Waals surface area contributed by atoms with Gasteiger partial charge in [0.15, 0.2) is 5.11 Å². The van der Waals surface area contributed by atoms with Gasteiger partial charge in [0.2, 0.25) is 5.91 Å². The first-order chi connectivity index (χ1) is 13.6. The van der Waals surface area contributed by atoms with Crippen LogP contribution in [0.2, 0.25) is 0 Å². The minimum Gasteiger partial charge on any atom is -0.462 e. The summed E-state index contributed by atoms with van der Waals surface area (Å²) in [6.07, 6.45) is 2.29. The standard InChI is InChI=1S/C22H24N2O3S/c1-2-3-13-27-21(26)17-9-11-19(12-10-17)23-22(28)24-15-18(14-20(24)25)16-7-5-4-6-8-16/h4-12,18H,2-3,13-15H2,1H3,(H,23,28). The molecule has 1 N–H and O–H groups in total. The molecule has 1 aliphatic heterocycles. The van der Waals surface area contributed by atoms with Crippen molar-refractivity contribution in [3.63, 3.8) is 0 Å². The molecule has 1 atom stereocenters. The highest BCUT2D eigenvalue weighted by atomic mass is 32.1. The predicted octanol–water partition coefficient (Wildman–Crippen LogP) is 4.36. The molecule has 0 bridgehead atoms. The number of ether oxygens (including phenoxy) is 1. The number of hydrogen-bond acceptors (Lipinski definition) is 4. The Bertz CT molecular complexity index is 837. The minimum atomic E-state index is -0.331. The number of nitrogens with zero attached hydrogens (tertiary/aromatic N) is 1. The maximum atomic E-state index is 12.4. The Morgan fingerprint density at radius 2 is 1.89 bits per heavy atom. The topological polar surface area (TPSA) is 58.6 Å². The molecule has 0 spiro atoms. The molecule has 3 rings (SSSR count). The Kier molecular flexibility index (Phi) is 6.76. The summed E-state index contributed by atoms with van der Waals surface area (Å²) in [5.74, 6) is -0.167. The lowest BCUT2D eigenvalue weighted by Crippen LogP contribution is -2.35. The fourth-order valence-electron chi connectivity index (χ4n) is 3.13. The number of amides is 1. The summed E-state index contributed by atoms with van der Waals surface area (Å²) in [6, 6.07) is 16.9. The molecule has 1 fully saturated rings. The van der Waals surface area contributed by atoms with E-state index in [1.54, 1.807) is 29.2 Å². The molecule has 6 heteroatoms. The highest BCUT2D eigenvalue weighted by Gasteiger charge is 2.32. The van der Waals surface area contributed by atoms with Crippen molar-refractivity contribution in [2.75, 3.05) is 18.5 Å². The van der Waals surface area contributed by atoms with Crippen molar-refractivity contribution >= 4 is 34.9 Å². The number of rotatable bonds is 6. The molecule has 1 aliphatic rings. The maximum Gasteiger partial charge on any atom is 0.338 e. The fraction of sp³-hybridized carbons (Fsp3) is 0.318. The molecule has 0 radical (unpaired) electrons. The SMILES string of the molecule is CCCCOC(=O)c1ccc(NC(=S)N2CC(c3ccccc3)CC2=O)cc1. The van der Waals surface area contributed by atoms with Crippen LogP contribution in [-0.2, 0) is 9.53 Å². The monoisotopic (exact) mass is 396 g/mol. The van der Waals surface area contributed by atoms with E-state index in [0.717, 1.165) is 24.1 Å². The molecule has 1 saturated heterocycles. The van der Waals surface area contributed by atoms with Gasteiger partial charge in [0.05, 0.1) is 12.2 Å². The van der Waals surface area contributed by atoms with Crippen LogP contribution in [0.4, 0.5) is 5.69 Å². The van der Waals surface area contributed by atoms with E-state index < -0.39 is 0 Å². The Morgan fingerprint density at radius 1 is 1.18 bits per heavy atom. The summed E-state index contributed by atoms with van der Waals surface area (Å²) in [5.41, 5.74) is 2.37.